The summed E-state index contributed by atoms with van der Waals surface area (Å²) in [7, 11) is 3.10. The highest BCUT2D eigenvalue weighted by Gasteiger charge is 2.17. The summed E-state index contributed by atoms with van der Waals surface area (Å²) in [4.78, 5) is 26.2. The molecule has 150 valence electrons. The van der Waals surface area contributed by atoms with Gasteiger partial charge in [0.1, 0.15) is 0 Å². The molecule has 0 bridgehead atoms. The van der Waals surface area contributed by atoms with Crippen LogP contribution in [-0.4, -0.2) is 32.6 Å². The molecule has 0 atom stereocenters. The van der Waals surface area contributed by atoms with Crippen LogP contribution in [0.25, 0.3) is 0 Å². The van der Waals surface area contributed by atoms with Gasteiger partial charge in [0.15, 0.2) is 11.5 Å². The number of hydrogen-bond donors (Lipinski definition) is 1. The Morgan fingerprint density at radius 2 is 1.79 bits per heavy atom. The normalized spacial score (nSPS) is 10.3. The molecule has 1 N–H and O–H groups in total. The Bertz CT molecular complexity index is 848. The predicted molar refractivity (Wildman–Crippen MR) is 111 cm³/mol. The fraction of sp³-hybridized carbons (Fsp3) is 0.364. The van der Waals surface area contributed by atoms with Gasteiger partial charge in [-0.1, -0.05) is 25.1 Å². The lowest BCUT2D eigenvalue weighted by Gasteiger charge is -2.22. The average molecular weight is 384 g/mol. The molecular weight excluding hydrogens is 356 g/mol. The van der Waals surface area contributed by atoms with Crippen molar-refractivity contribution < 1.29 is 19.1 Å². The molecule has 2 rings (SSSR count). The van der Waals surface area contributed by atoms with Crippen LogP contribution in [0, 0.1) is 6.92 Å². The van der Waals surface area contributed by atoms with Crippen LogP contribution >= 0.6 is 0 Å². The number of anilines is 2. The molecule has 0 saturated heterocycles. The summed E-state index contributed by atoms with van der Waals surface area (Å²) in [5.41, 5.74) is 3.63. The molecule has 0 saturated carbocycles. The maximum atomic E-state index is 12.5. The standard InChI is InChI=1S/C22H28N2O4/c1-6-17-9-7-8-15(2)22(17)23-21(26)12-13-24(16(3)25)18-10-11-19(27-4)20(14-18)28-5/h7-11,14H,6,12-13H2,1-5H3,(H,23,26). The van der Waals surface area contributed by atoms with E-state index in [9.17, 15) is 9.59 Å². The second-order valence-corrected chi connectivity index (χ2v) is 6.47. The maximum absolute atomic E-state index is 12.5. The van der Waals surface area contributed by atoms with Gasteiger partial charge in [-0.3, -0.25) is 9.59 Å². The van der Waals surface area contributed by atoms with Crippen molar-refractivity contribution in [3.63, 3.8) is 0 Å². The number of carbonyl (C=O) groups excluding carboxylic acids is 2. The smallest absolute Gasteiger partial charge is 0.226 e. The van der Waals surface area contributed by atoms with E-state index in [1.807, 2.05) is 25.1 Å². The van der Waals surface area contributed by atoms with Crippen LogP contribution in [0.4, 0.5) is 11.4 Å². The maximum Gasteiger partial charge on any atom is 0.226 e. The number of para-hydroxylation sites is 1. The molecular formula is C22H28N2O4. The quantitative estimate of drug-likeness (QED) is 0.748. The number of aryl methyl sites for hydroxylation is 2. The van der Waals surface area contributed by atoms with Crippen LogP contribution in [-0.2, 0) is 16.0 Å². The molecule has 6 heteroatoms. The van der Waals surface area contributed by atoms with E-state index in [1.54, 1.807) is 37.3 Å². The van der Waals surface area contributed by atoms with Crippen LogP contribution in [0.3, 0.4) is 0 Å². The number of benzene rings is 2. The van der Waals surface area contributed by atoms with Crippen LogP contribution in [0.15, 0.2) is 36.4 Å². The van der Waals surface area contributed by atoms with Crippen molar-refractivity contribution in [3.8, 4) is 11.5 Å². The lowest BCUT2D eigenvalue weighted by Crippen LogP contribution is -2.32. The van der Waals surface area contributed by atoms with Crippen molar-refractivity contribution in [3.05, 3.63) is 47.5 Å². The van der Waals surface area contributed by atoms with E-state index in [2.05, 4.69) is 12.2 Å². The molecule has 28 heavy (non-hydrogen) atoms. The zero-order valence-electron chi connectivity index (χ0n) is 17.2. The van der Waals surface area contributed by atoms with Gasteiger partial charge in [-0.15, -0.1) is 0 Å². The summed E-state index contributed by atoms with van der Waals surface area (Å²) in [6, 6.07) is 11.2. The van der Waals surface area contributed by atoms with E-state index >= 15 is 0 Å². The van der Waals surface area contributed by atoms with Crippen LogP contribution < -0.4 is 19.7 Å². The second kappa shape index (κ2) is 9.78. The van der Waals surface area contributed by atoms with Gasteiger partial charge in [0, 0.05) is 37.3 Å². The van der Waals surface area contributed by atoms with Crippen molar-refractivity contribution in [1.29, 1.82) is 0 Å². The Labute approximate surface area is 166 Å². The van der Waals surface area contributed by atoms with Crippen molar-refractivity contribution in [2.75, 3.05) is 31.0 Å². The van der Waals surface area contributed by atoms with Crippen LogP contribution in [0.1, 0.15) is 31.4 Å². The highest BCUT2D eigenvalue weighted by molar-refractivity contribution is 5.95. The fourth-order valence-corrected chi connectivity index (χ4v) is 3.08. The average Bonchev–Trinajstić information content (AvgIpc) is 2.69. The molecule has 2 aromatic rings. The molecule has 2 amide bonds. The van der Waals surface area contributed by atoms with Crippen molar-refractivity contribution in [2.45, 2.75) is 33.6 Å². The molecule has 2 aromatic carbocycles. The van der Waals surface area contributed by atoms with E-state index in [0.29, 0.717) is 17.2 Å². The third-order valence-corrected chi connectivity index (χ3v) is 4.63. The molecule has 0 radical (unpaired) electrons. The topological polar surface area (TPSA) is 67.9 Å². The molecule has 0 unspecified atom stereocenters. The monoisotopic (exact) mass is 384 g/mol. The minimum absolute atomic E-state index is 0.129. The van der Waals surface area contributed by atoms with Gasteiger partial charge in [-0.25, -0.2) is 0 Å². The third kappa shape index (κ3) is 5.03. The molecule has 0 spiro atoms. The molecule has 0 aliphatic heterocycles. The third-order valence-electron chi connectivity index (χ3n) is 4.63. The lowest BCUT2D eigenvalue weighted by atomic mass is 10.1. The van der Waals surface area contributed by atoms with E-state index in [1.165, 1.54) is 6.92 Å². The Morgan fingerprint density at radius 1 is 1.07 bits per heavy atom. The number of nitrogens with zero attached hydrogens (tertiary/aromatic N) is 1. The molecule has 0 aliphatic carbocycles. The summed E-state index contributed by atoms with van der Waals surface area (Å²) in [5, 5.41) is 2.99. The van der Waals surface area contributed by atoms with Crippen molar-refractivity contribution in [1.82, 2.24) is 0 Å². The Morgan fingerprint density at radius 3 is 2.39 bits per heavy atom. The van der Waals surface area contributed by atoms with Crippen LogP contribution in [0.5, 0.6) is 11.5 Å². The first kappa shape index (κ1) is 21.3. The highest BCUT2D eigenvalue weighted by Crippen LogP contribution is 2.31. The van der Waals surface area contributed by atoms with E-state index in [4.69, 9.17) is 9.47 Å². The van der Waals surface area contributed by atoms with Crippen molar-refractivity contribution >= 4 is 23.2 Å². The van der Waals surface area contributed by atoms with Gasteiger partial charge < -0.3 is 19.7 Å². The van der Waals surface area contributed by atoms with Gasteiger partial charge in [0.05, 0.1) is 14.2 Å². The molecule has 6 nitrogen and oxygen atoms in total. The Kier molecular flexibility index (Phi) is 7.44. The predicted octanol–water partition coefficient (Wildman–Crippen LogP) is 3.96. The lowest BCUT2D eigenvalue weighted by molar-refractivity contribution is -0.117. The SMILES string of the molecule is CCc1cccc(C)c1NC(=O)CCN(C(C)=O)c1ccc(OC)c(OC)c1. The summed E-state index contributed by atoms with van der Waals surface area (Å²) in [5.74, 6) is 0.836. The van der Waals surface area contributed by atoms with Gasteiger partial charge in [-0.05, 0) is 36.6 Å². The Hall–Kier alpha value is -3.02. The summed E-state index contributed by atoms with van der Waals surface area (Å²) in [6.07, 6.45) is 1.02. The molecule has 0 aromatic heterocycles. The second-order valence-electron chi connectivity index (χ2n) is 6.47. The van der Waals surface area contributed by atoms with Gasteiger partial charge >= 0.3 is 0 Å². The van der Waals surface area contributed by atoms with E-state index < -0.39 is 0 Å². The number of rotatable bonds is 8. The molecule has 0 aliphatic rings. The summed E-state index contributed by atoms with van der Waals surface area (Å²) >= 11 is 0. The molecule has 0 fully saturated rings. The summed E-state index contributed by atoms with van der Waals surface area (Å²) in [6.45, 7) is 5.77. The zero-order chi connectivity index (χ0) is 20.7. The fourth-order valence-electron chi connectivity index (χ4n) is 3.08. The molecule has 0 heterocycles. The van der Waals surface area contributed by atoms with Gasteiger partial charge in [0.25, 0.3) is 0 Å². The number of hydrogen-bond acceptors (Lipinski definition) is 4. The van der Waals surface area contributed by atoms with Gasteiger partial charge in [-0.2, -0.15) is 0 Å². The number of nitrogens with one attached hydrogen (secondary N) is 1. The minimum Gasteiger partial charge on any atom is -0.493 e. The largest absolute Gasteiger partial charge is 0.493 e. The minimum atomic E-state index is -0.148. The number of amides is 2. The van der Waals surface area contributed by atoms with Gasteiger partial charge in [0.2, 0.25) is 11.8 Å². The number of carbonyl (C=O) groups is 2. The van der Waals surface area contributed by atoms with E-state index in [-0.39, 0.29) is 24.8 Å². The highest BCUT2D eigenvalue weighted by atomic mass is 16.5. The number of methoxy groups -OCH3 is 2. The van der Waals surface area contributed by atoms with Crippen molar-refractivity contribution in [2.24, 2.45) is 0 Å². The first-order chi connectivity index (χ1) is 13.4. The van der Waals surface area contributed by atoms with E-state index in [0.717, 1.165) is 23.2 Å². The zero-order valence-corrected chi connectivity index (χ0v) is 17.2. The first-order valence-corrected chi connectivity index (χ1v) is 9.29. The number of ether oxygens (including phenoxy) is 2. The van der Waals surface area contributed by atoms with Crippen LogP contribution in [0.2, 0.25) is 0 Å². The first-order valence-electron chi connectivity index (χ1n) is 9.29. The summed E-state index contributed by atoms with van der Waals surface area (Å²) < 4.78 is 10.5. The Balaban J connectivity index is 2.12.